The molecule has 0 heterocycles. The highest BCUT2D eigenvalue weighted by Crippen LogP contribution is 2.23. The third-order valence-electron chi connectivity index (χ3n) is 3.22. The van der Waals surface area contributed by atoms with Crippen molar-refractivity contribution < 1.29 is 4.74 Å². The number of hydrogen-bond acceptors (Lipinski definition) is 2. The van der Waals surface area contributed by atoms with Crippen molar-refractivity contribution in [2.24, 2.45) is 5.92 Å². The minimum atomic E-state index is 0.682. The molecule has 0 saturated carbocycles. The van der Waals surface area contributed by atoms with E-state index in [4.69, 9.17) is 27.9 Å². The summed E-state index contributed by atoms with van der Waals surface area (Å²) in [5.41, 5.74) is 1.19. The van der Waals surface area contributed by atoms with Crippen LogP contribution in [0.25, 0.3) is 0 Å². The minimum absolute atomic E-state index is 0.682. The molecular weight excluding hydrogens is 281 g/mol. The van der Waals surface area contributed by atoms with Gasteiger partial charge in [-0.2, -0.15) is 0 Å². The molecule has 0 aromatic heterocycles. The van der Waals surface area contributed by atoms with Crippen LogP contribution >= 0.6 is 23.2 Å². The van der Waals surface area contributed by atoms with Gasteiger partial charge in [-0.15, -0.1) is 0 Å². The van der Waals surface area contributed by atoms with Crippen molar-refractivity contribution in [3.8, 4) is 0 Å². The molecule has 108 valence electrons. The Hall–Kier alpha value is -0.280. The van der Waals surface area contributed by atoms with Gasteiger partial charge in [0.05, 0.1) is 6.61 Å². The van der Waals surface area contributed by atoms with Crippen LogP contribution in [0, 0.1) is 5.92 Å². The predicted octanol–water partition coefficient (Wildman–Crippen LogP) is 4.19. The fraction of sp³-hybridized carbons (Fsp3) is 0.600. The summed E-state index contributed by atoms with van der Waals surface area (Å²) in [5, 5.41) is 4.84. The Balaban J connectivity index is 2.20. The number of halogens is 2. The van der Waals surface area contributed by atoms with Crippen LogP contribution in [0.3, 0.4) is 0 Å². The highest BCUT2D eigenvalue weighted by atomic mass is 35.5. The molecule has 1 atom stereocenters. The molecule has 1 aromatic carbocycles. The van der Waals surface area contributed by atoms with Crippen molar-refractivity contribution in [2.75, 3.05) is 26.8 Å². The number of aryl methyl sites for hydroxylation is 1. The van der Waals surface area contributed by atoms with Gasteiger partial charge in [0, 0.05) is 23.7 Å². The molecule has 1 rings (SSSR count). The molecule has 4 heteroatoms. The first-order valence-electron chi connectivity index (χ1n) is 6.77. The monoisotopic (exact) mass is 303 g/mol. The van der Waals surface area contributed by atoms with Gasteiger partial charge in [-0.25, -0.2) is 0 Å². The molecule has 0 radical (unpaired) electrons. The van der Waals surface area contributed by atoms with Crippen LogP contribution < -0.4 is 5.32 Å². The quantitative estimate of drug-likeness (QED) is 0.691. The Kier molecular flexibility index (Phi) is 8.47. The Morgan fingerprint density at radius 1 is 1.21 bits per heavy atom. The van der Waals surface area contributed by atoms with Crippen LogP contribution in [-0.4, -0.2) is 26.8 Å². The van der Waals surface area contributed by atoms with Crippen LogP contribution in [0.5, 0.6) is 0 Å². The fourth-order valence-electron chi connectivity index (χ4n) is 1.92. The summed E-state index contributed by atoms with van der Waals surface area (Å²) in [6.45, 7) is 5.02. The summed E-state index contributed by atoms with van der Waals surface area (Å²) in [6.07, 6.45) is 3.33. The lowest BCUT2D eigenvalue weighted by molar-refractivity contribution is 0.199. The molecule has 1 unspecified atom stereocenters. The summed E-state index contributed by atoms with van der Waals surface area (Å²) >= 11 is 12.1. The average molecular weight is 304 g/mol. The molecule has 0 aliphatic carbocycles. The van der Waals surface area contributed by atoms with Gasteiger partial charge in [-0.05, 0) is 49.4 Å². The standard InChI is InChI=1S/C15H23Cl2NO/c1-12(7-8-18-9-10-19-2)3-4-13-5-6-14(16)11-15(13)17/h5-6,11-12,18H,3-4,7-10H2,1-2H3. The van der Waals surface area contributed by atoms with Gasteiger partial charge in [-0.1, -0.05) is 36.2 Å². The van der Waals surface area contributed by atoms with Gasteiger partial charge in [0.15, 0.2) is 0 Å². The third kappa shape index (κ3) is 7.17. The van der Waals surface area contributed by atoms with Crippen molar-refractivity contribution in [2.45, 2.75) is 26.2 Å². The van der Waals surface area contributed by atoms with Gasteiger partial charge in [-0.3, -0.25) is 0 Å². The lowest BCUT2D eigenvalue weighted by atomic mass is 9.98. The predicted molar refractivity (Wildman–Crippen MR) is 83.3 cm³/mol. The largest absolute Gasteiger partial charge is 0.383 e. The molecular formula is C15H23Cl2NO. The molecule has 0 amide bonds. The van der Waals surface area contributed by atoms with E-state index in [0.717, 1.165) is 37.6 Å². The smallest absolute Gasteiger partial charge is 0.0587 e. The fourth-order valence-corrected chi connectivity index (χ4v) is 2.42. The summed E-state index contributed by atoms with van der Waals surface area (Å²) < 4.78 is 4.99. The van der Waals surface area contributed by atoms with E-state index < -0.39 is 0 Å². The average Bonchev–Trinajstić information content (AvgIpc) is 2.37. The van der Waals surface area contributed by atoms with Crippen molar-refractivity contribution in [1.82, 2.24) is 5.32 Å². The van der Waals surface area contributed by atoms with Gasteiger partial charge in [0.1, 0.15) is 0 Å². The summed E-state index contributed by atoms with van der Waals surface area (Å²) in [4.78, 5) is 0. The highest BCUT2D eigenvalue weighted by molar-refractivity contribution is 6.35. The zero-order chi connectivity index (χ0) is 14.1. The molecule has 0 spiro atoms. The van der Waals surface area contributed by atoms with Crippen molar-refractivity contribution in [1.29, 1.82) is 0 Å². The Bertz CT molecular complexity index is 371. The second-order valence-electron chi connectivity index (χ2n) is 4.91. The SMILES string of the molecule is COCCNCCC(C)CCc1ccc(Cl)cc1Cl. The highest BCUT2D eigenvalue weighted by Gasteiger charge is 2.05. The lowest BCUT2D eigenvalue weighted by Crippen LogP contribution is -2.21. The van der Waals surface area contributed by atoms with E-state index in [9.17, 15) is 0 Å². The van der Waals surface area contributed by atoms with Crippen LogP contribution in [0.15, 0.2) is 18.2 Å². The van der Waals surface area contributed by atoms with Gasteiger partial charge < -0.3 is 10.1 Å². The number of ether oxygens (including phenoxy) is 1. The van der Waals surface area contributed by atoms with Crippen molar-refractivity contribution in [3.63, 3.8) is 0 Å². The molecule has 0 aliphatic rings. The van der Waals surface area contributed by atoms with Gasteiger partial charge in [0.25, 0.3) is 0 Å². The van der Waals surface area contributed by atoms with Gasteiger partial charge >= 0.3 is 0 Å². The summed E-state index contributed by atoms with van der Waals surface area (Å²) in [6, 6.07) is 5.74. The maximum Gasteiger partial charge on any atom is 0.0587 e. The first-order valence-corrected chi connectivity index (χ1v) is 7.52. The third-order valence-corrected chi connectivity index (χ3v) is 3.81. The van der Waals surface area contributed by atoms with E-state index in [1.807, 2.05) is 18.2 Å². The summed E-state index contributed by atoms with van der Waals surface area (Å²) in [5.74, 6) is 0.682. The van der Waals surface area contributed by atoms with Crippen molar-refractivity contribution >= 4 is 23.2 Å². The topological polar surface area (TPSA) is 21.3 Å². The Labute approximate surface area is 126 Å². The Morgan fingerprint density at radius 2 is 2.00 bits per heavy atom. The number of benzene rings is 1. The second kappa shape index (κ2) is 9.60. The first-order chi connectivity index (χ1) is 9.13. The van der Waals surface area contributed by atoms with E-state index in [0.29, 0.717) is 10.9 Å². The van der Waals surface area contributed by atoms with Crippen LogP contribution in [0.1, 0.15) is 25.3 Å². The molecule has 19 heavy (non-hydrogen) atoms. The first kappa shape index (κ1) is 16.8. The summed E-state index contributed by atoms with van der Waals surface area (Å²) in [7, 11) is 1.72. The van der Waals surface area contributed by atoms with Crippen LogP contribution in [0.4, 0.5) is 0 Å². The zero-order valence-corrected chi connectivity index (χ0v) is 13.2. The van der Waals surface area contributed by atoms with Crippen LogP contribution in [-0.2, 0) is 11.2 Å². The molecule has 1 aromatic rings. The maximum atomic E-state index is 6.16. The van der Waals surface area contributed by atoms with Crippen LogP contribution in [0.2, 0.25) is 10.0 Å². The van der Waals surface area contributed by atoms with E-state index in [1.54, 1.807) is 7.11 Å². The van der Waals surface area contributed by atoms with E-state index in [1.165, 1.54) is 12.0 Å². The maximum absolute atomic E-state index is 6.16. The second-order valence-corrected chi connectivity index (χ2v) is 5.75. The van der Waals surface area contributed by atoms with E-state index in [-0.39, 0.29) is 0 Å². The van der Waals surface area contributed by atoms with E-state index >= 15 is 0 Å². The Morgan fingerprint density at radius 3 is 2.68 bits per heavy atom. The van der Waals surface area contributed by atoms with E-state index in [2.05, 4.69) is 12.2 Å². The number of hydrogen-bond donors (Lipinski definition) is 1. The molecule has 0 aliphatic heterocycles. The molecule has 0 saturated heterocycles. The molecule has 2 nitrogen and oxygen atoms in total. The van der Waals surface area contributed by atoms with Gasteiger partial charge in [0.2, 0.25) is 0 Å². The number of nitrogens with one attached hydrogen (secondary N) is 1. The number of methoxy groups -OCH3 is 1. The lowest BCUT2D eigenvalue weighted by Gasteiger charge is -2.12. The normalized spacial score (nSPS) is 12.6. The molecule has 0 bridgehead atoms. The molecule has 1 N–H and O–H groups in total. The molecule has 0 fully saturated rings. The van der Waals surface area contributed by atoms with Crippen molar-refractivity contribution in [3.05, 3.63) is 33.8 Å². The zero-order valence-electron chi connectivity index (χ0n) is 11.7. The minimum Gasteiger partial charge on any atom is -0.383 e. The number of rotatable bonds is 9.